The number of hydrogen-bond acceptors (Lipinski definition) is 5. The number of nitrogens with one attached hydrogen (secondary N) is 1. The van der Waals surface area contributed by atoms with Gasteiger partial charge in [-0.25, -0.2) is 13.1 Å². The molecule has 0 saturated carbocycles. The summed E-state index contributed by atoms with van der Waals surface area (Å²) in [4.78, 5) is 21.4. The minimum atomic E-state index is -3.68. The Morgan fingerprint density at radius 1 is 1.41 bits per heavy atom. The predicted molar refractivity (Wildman–Crippen MR) is 59.9 cm³/mol. The van der Waals surface area contributed by atoms with Gasteiger partial charge in [0, 0.05) is 6.42 Å². The van der Waals surface area contributed by atoms with Crippen LogP contribution in [0.4, 0.5) is 0 Å². The third kappa shape index (κ3) is 6.90. The van der Waals surface area contributed by atoms with Gasteiger partial charge >= 0.3 is 11.9 Å². The lowest BCUT2D eigenvalue weighted by atomic mass is 10.2. The molecule has 0 aliphatic heterocycles. The van der Waals surface area contributed by atoms with E-state index in [1.807, 2.05) is 0 Å². The highest BCUT2D eigenvalue weighted by molar-refractivity contribution is 7.89. The molecule has 7 nitrogen and oxygen atoms in total. The Morgan fingerprint density at radius 2 is 2.00 bits per heavy atom. The Labute approximate surface area is 100 Å². The number of carbonyl (C=O) groups excluding carboxylic acids is 1. The molecule has 1 atom stereocenters. The second-order valence-electron chi connectivity index (χ2n) is 3.42. The largest absolute Gasteiger partial charge is 0.480 e. The molecular weight excluding hydrogens is 250 g/mol. The Balaban J connectivity index is 4.20. The molecule has 0 bridgehead atoms. The molecule has 0 aromatic heterocycles. The van der Waals surface area contributed by atoms with Gasteiger partial charge in [0.1, 0.15) is 6.04 Å². The first-order chi connectivity index (χ1) is 7.82. The average Bonchev–Trinajstić information content (AvgIpc) is 2.25. The lowest BCUT2D eigenvalue weighted by Crippen LogP contribution is -2.41. The van der Waals surface area contributed by atoms with Crippen LogP contribution in [0.1, 0.15) is 26.2 Å². The summed E-state index contributed by atoms with van der Waals surface area (Å²) in [7, 11) is -2.47. The molecule has 0 aliphatic rings. The molecule has 0 radical (unpaired) electrons. The highest BCUT2D eigenvalue weighted by Gasteiger charge is 2.22. The first kappa shape index (κ1) is 15.9. The maximum Gasteiger partial charge on any atom is 0.321 e. The lowest BCUT2D eigenvalue weighted by molar-refractivity contribution is -0.141. The molecule has 0 spiro atoms. The molecular formula is C9H17NO6S. The summed E-state index contributed by atoms with van der Waals surface area (Å²) in [6.45, 7) is 1.57. The molecule has 0 saturated heterocycles. The van der Waals surface area contributed by atoms with Crippen LogP contribution in [-0.4, -0.2) is 44.4 Å². The molecule has 100 valence electrons. The van der Waals surface area contributed by atoms with Crippen LogP contribution < -0.4 is 4.72 Å². The van der Waals surface area contributed by atoms with Gasteiger partial charge in [0.2, 0.25) is 10.0 Å². The maximum atomic E-state index is 11.4. The average molecular weight is 267 g/mol. The molecule has 0 fully saturated rings. The summed E-state index contributed by atoms with van der Waals surface area (Å²) in [5.74, 6) is -2.01. The second-order valence-corrected chi connectivity index (χ2v) is 5.29. The van der Waals surface area contributed by atoms with E-state index in [-0.39, 0.29) is 25.0 Å². The lowest BCUT2D eigenvalue weighted by Gasteiger charge is -2.12. The summed E-state index contributed by atoms with van der Waals surface area (Å²) in [6.07, 6.45) is 0.241. The Kier molecular flexibility index (Phi) is 6.74. The van der Waals surface area contributed by atoms with E-state index in [0.717, 1.165) is 0 Å². The van der Waals surface area contributed by atoms with Crippen molar-refractivity contribution in [3.8, 4) is 0 Å². The van der Waals surface area contributed by atoms with Crippen molar-refractivity contribution in [1.82, 2.24) is 4.72 Å². The van der Waals surface area contributed by atoms with Crippen LogP contribution in [0.5, 0.6) is 0 Å². The van der Waals surface area contributed by atoms with E-state index in [1.165, 1.54) is 7.11 Å². The van der Waals surface area contributed by atoms with Gasteiger partial charge < -0.3 is 9.84 Å². The number of esters is 1. The monoisotopic (exact) mass is 267 g/mol. The molecule has 8 heteroatoms. The minimum Gasteiger partial charge on any atom is -0.480 e. The summed E-state index contributed by atoms with van der Waals surface area (Å²) in [5, 5.41) is 8.69. The van der Waals surface area contributed by atoms with Gasteiger partial charge in [-0.1, -0.05) is 6.92 Å². The molecule has 17 heavy (non-hydrogen) atoms. The topological polar surface area (TPSA) is 110 Å². The third-order valence-corrected chi connectivity index (χ3v) is 3.52. The summed E-state index contributed by atoms with van der Waals surface area (Å²) < 4.78 is 29.3. The van der Waals surface area contributed by atoms with Crippen molar-refractivity contribution < 1.29 is 27.9 Å². The van der Waals surface area contributed by atoms with Crippen LogP contribution in [0.15, 0.2) is 0 Å². The minimum absolute atomic E-state index is 0.0126. The van der Waals surface area contributed by atoms with E-state index >= 15 is 0 Å². The SMILES string of the molecule is CCC(NS(=O)(=O)CCCC(=O)OC)C(=O)O. The molecule has 0 heterocycles. The van der Waals surface area contributed by atoms with E-state index in [9.17, 15) is 18.0 Å². The van der Waals surface area contributed by atoms with E-state index in [0.29, 0.717) is 0 Å². The standard InChI is InChI=1S/C9H17NO6S/c1-3-7(9(12)13)10-17(14,15)6-4-5-8(11)16-2/h7,10H,3-6H2,1-2H3,(H,12,13). The Morgan fingerprint density at radius 3 is 2.41 bits per heavy atom. The van der Waals surface area contributed by atoms with Crippen LogP contribution in [0.2, 0.25) is 0 Å². The number of rotatable bonds is 8. The van der Waals surface area contributed by atoms with Crippen molar-refractivity contribution in [1.29, 1.82) is 0 Å². The van der Waals surface area contributed by atoms with Gasteiger partial charge in [0.05, 0.1) is 12.9 Å². The van der Waals surface area contributed by atoms with Crippen LogP contribution in [0.25, 0.3) is 0 Å². The molecule has 1 unspecified atom stereocenters. The molecule has 0 aromatic carbocycles. The normalized spacial score (nSPS) is 13.1. The fourth-order valence-electron chi connectivity index (χ4n) is 1.09. The fourth-order valence-corrected chi connectivity index (χ4v) is 2.44. The molecule has 0 rings (SSSR count). The zero-order chi connectivity index (χ0) is 13.5. The van der Waals surface area contributed by atoms with E-state index in [4.69, 9.17) is 5.11 Å². The summed E-state index contributed by atoms with van der Waals surface area (Å²) in [6, 6.07) is -1.13. The molecule has 0 amide bonds. The zero-order valence-corrected chi connectivity index (χ0v) is 10.6. The number of methoxy groups -OCH3 is 1. The number of ether oxygens (including phenoxy) is 1. The van der Waals surface area contributed by atoms with Gasteiger partial charge in [-0.2, -0.15) is 0 Å². The Bertz CT molecular complexity index is 364. The highest BCUT2D eigenvalue weighted by atomic mass is 32.2. The zero-order valence-electron chi connectivity index (χ0n) is 9.80. The number of carbonyl (C=O) groups is 2. The summed E-state index contributed by atoms with van der Waals surface area (Å²) >= 11 is 0. The van der Waals surface area contributed by atoms with Crippen LogP contribution >= 0.6 is 0 Å². The van der Waals surface area contributed by atoms with E-state index in [2.05, 4.69) is 9.46 Å². The van der Waals surface area contributed by atoms with Gasteiger partial charge in [-0.05, 0) is 12.8 Å². The molecule has 2 N–H and O–H groups in total. The van der Waals surface area contributed by atoms with Crippen molar-refractivity contribution in [2.45, 2.75) is 32.2 Å². The van der Waals surface area contributed by atoms with Gasteiger partial charge in [-0.15, -0.1) is 0 Å². The van der Waals surface area contributed by atoms with Crippen molar-refractivity contribution >= 4 is 22.0 Å². The first-order valence-corrected chi connectivity index (χ1v) is 6.77. The van der Waals surface area contributed by atoms with Gasteiger partial charge in [0.25, 0.3) is 0 Å². The van der Waals surface area contributed by atoms with Gasteiger partial charge in [-0.3, -0.25) is 9.59 Å². The number of carboxylic acid groups (broad SMARTS) is 1. The van der Waals surface area contributed by atoms with Gasteiger partial charge in [0.15, 0.2) is 0 Å². The van der Waals surface area contributed by atoms with Crippen molar-refractivity contribution in [3.05, 3.63) is 0 Å². The number of sulfonamides is 1. The van der Waals surface area contributed by atoms with Crippen molar-refractivity contribution in [3.63, 3.8) is 0 Å². The number of aliphatic carboxylic acids is 1. The van der Waals surface area contributed by atoms with E-state index < -0.39 is 28.0 Å². The second kappa shape index (κ2) is 7.23. The smallest absolute Gasteiger partial charge is 0.321 e. The van der Waals surface area contributed by atoms with Crippen LogP contribution in [0, 0.1) is 0 Å². The third-order valence-electron chi connectivity index (χ3n) is 2.05. The quantitative estimate of drug-likeness (QED) is 0.585. The number of carboxylic acids is 1. The van der Waals surface area contributed by atoms with Crippen LogP contribution in [-0.2, 0) is 24.3 Å². The van der Waals surface area contributed by atoms with Crippen molar-refractivity contribution in [2.24, 2.45) is 0 Å². The first-order valence-electron chi connectivity index (χ1n) is 5.12. The van der Waals surface area contributed by atoms with Crippen LogP contribution in [0.3, 0.4) is 0 Å². The van der Waals surface area contributed by atoms with Crippen molar-refractivity contribution in [2.75, 3.05) is 12.9 Å². The predicted octanol–water partition coefficient (Wildman–Crippen LogP) is -0.278. The summed E-state index contributed by atoms with van der Waals surface area (Å²) in [5.41, 5.74) is 0. The number of hydrogen-bond donors (Lipinski definition) is 2. The Hall–Kier alpha value is -1.15. The maximum absolute atomic E-state index is 11.4. The highest BCUT2D eigenvalue weighted by Crippen LogP contribution is 2.00. The molecule has 0 aromatic rings. The van der Waals surface area contributed by atoms with E-state index in [1.54, 1.807) is 6.92 Å². The fraction of sp³-hybridized carbons (Fsp3) is 0.778. The molecule has 0 aliphatic carbocycles.